The lowest BCUT2D eigenvalue weighted by molar-refractivity contribution is -0.126. The molecule has 0 aliphatic rings. The van der Waals surface area contributed by atoms with E-state index in [1.165, 1.54) is 0 Å². The third kappa shape index (κ3) is 3.84. The number of hydrogen-bond donors (Lipinski definition) is 3. The summed E-state index contributed by atoms with van der Waals surface area (Å²) < 4.78 is 0. The summed E-state index contributed by atoms with van der Waals surface area (Å²) in [6.45, 7) is 6.00. The van der Waals surface area contributed by atoms with Gasteiger partial charge in [-0.3, -0.25) is 4.79 Å². The molecule has 1 atom stereocenters. The van der Waals surface area contributed by atoms with Gasteiger partial charge in [-0.05, 0) is 19.0 Å². The van der Waals surface area contributed by atoms with Crippen molar-refractivity contribution < 1.29 is 4.79 Å². The van der Waals surface area contributed by atoms with E-state index in [1.807, 2.05) is 37.3 Å². The van der Waals surface area contributed by atoms with Crippen LogP contribution >= 0.6 is 0 Å². The van der Waals surface area contributed by atoms with Crippen LogP contribution in [0.5, 0.6) is 0 Å². The molecule has 1 aromatic carbocycles. The molecule has 0 aromatic heterocycles. The maximum absolute atomic E-state index is 12.0. The zero-order valence-corrected chi connectivity index (χ0v) is 10.5. The van der Waals surface area contributed by atoms with Gasteiger partial charge in [-0.1, -0.05) is 37.3 Å². The van der Waals surface area contributed by atoms with Crippen LogP contribution in [0.4, 0.5) is 0 Å². The van der Waals surface area contributed by atoms with Crippen molar-refractivity contribution in [2.24, 2.45) is 5.73 Å². The van der Waals surface area contributed by atoms with Crippen LogP contribution in [0.25, 0.3) is 0 Å². The van der Waals surface area contributed by atoms with Crippen molar-refractivity contribution in [3.8, 4) is 0 Å². The van der Waals surface area contributed by atoms with Crippen molar-refractivity contribution in [2.45, 2.75) is 19.4 Å². The Bertz CT molecular complexity index is 349. The fourth-order valence-electron chi connectivity index (χ4n) is 1.54. The number of carbonyl (C=O) groups is 1. The molecule has 4 N–H and O–H groups in total. The molecule has 0 saturated carbocycles. The Labute approximate surface area is 103 Å². The molecule has 1 aromatic rings. The zero-order valence-electron chi connectivity index (χ0n) is 10.5. The van der Waals surface area contributed by atoms with E-state index in [1.54, 1.807) is 6.92 Å². The van der Waals surface area contributed by atoms with E-state index in [4.69, 9.17) is 5.73 Å². The Morgan fingerprint density at radius 3 is 2.53 bits per heavy atom. The van der Waals surface area contributed by atoms with Crippen molar-refractivity contribution in [3.63, 3.8) is 0 Å². The van der Waals surface area contributed by atoms with E-state index in [9.17, 15) is 4.79 Å². The smallest absolute Gasteiger partial charge is 0.244 e. The maximum atomic E-state index is 12.0. The Balaban J connectivity index is 2.55. The second kappa shape index (κ2) is 6.37. The molecule has 0 heterocycles. The average molecular weight is 235 g/mol. The third-order valence-electron chi connectivity index (χ3n) is 2.68. The second-order valence-electron chi connectivity index (χ2n) is 4.18. The molecule has 1 amide bonds. The highest BCUT2D eigenvalue weighted by molar-refractivity contribution is 5.86. The first kappa shape index (κ1) is 13.7. The minimum absolute atomic E-state index is 0.151. The van der Waals surface area contributed by atoms with Gasteiger partial charge in [-0.2, -0.15) is 0 Å². The third-order valence-corrected chi connectivity index (χ3v) is 2.68. The normalized spacial score (nSPS) is 14.1. The van der Waals surface area contributed by atoms with Gasteiger partial charge in [-0.15, -0.1) is 0 Å². The van der Waals surface area contributed by atoms with Crippen LogP contribution in [0, 0.1) is 0 Å². The Kier molecular flexibility index (Phi) is 5.12. The summed E-state index contributed by atoms with van der Waals surface area (Å²) in [5.74, 6) is -0.151. The summed E-state index contributed by atoms with van der Waals surface area (Å²) in [6.07, 6.45) is 0. The summed E-state index contributed by atoms with van der Waals surface area (Å²) in [5, 5.41) is 5.97. The van der Waals surface area contributed by atoms with Gasteiger partial charge in [-0.25, -0.2) is 0 Å². The van der Waals surface area contributed by atoms with Crippen LogP contribution in [0.3, 0.4) is 0 Å². The minimum Gasteiger partial charge on any atom is -0.353 e. The van der Waals surface area contributed by atoms with E-state index >= 15 is 0 Å². The summed E-state index contributed by atoms with van der Waals surface area (Å²) in [7, 11) is 0. The van der Waals surface area contributed by atoms with Crippen LogP contribution in [0.2, 0.25) is 0 Å². The monoisotopic (exact) mass is 235 g/mol. The summed E-state index contributed by atoms with van der Waals surface area (Å²) in [4.78, 5) is 12.0. The van der Waals surface area contributed by atoms with Crippen LogP contribution in [-0.2, 0) is 10.3 Å². The summed E-state index contributed by atoms with van der Waals surface area (Å²) in [5.41, 5.74) is 5.91. The fraction of sp³-hybridized carbons (Fsp3) is 0.462. The van der Waals surface area contributed by atoms with Crippen molar-refractivity contribution in [1.82, 2.24) is 10.6 Å². The molecule has 0 radical (unpaired) electrons. The quantitative estimate of drug-likeness (QED) is 0.632. The van der Waals surface area contributed by atoms with Gasteiger partial charge >= 0.3 is 0 Å². The predicted molar refractivity (Wildman–Crippen MR) is 69.5 cm³/mol. The lowest BCUT2D eigenvalue weighted by Gasteiger charge is -2.24. The van der Waals surface area contributed by atoms with Crippen molar-refractivity contribution >= 4 is 5.91 Å². The van der Waals surface area contributed by atoms with Gasteiger partial charge in [0.1, 0.15) is 5.54 Å². The van der Waals surface area contributed by atoms with Crippen LogP contribution < -0.4 is 16.4 Å². The van der Waals surface area contributed by atoms with E-state index in [0.717, 1.165) is 18.7 Å². The molecule has 4 heteroatoms. The van der Waals surface area contributed by atoms with Crippen molar-refractivity contribution in [3.05, 3.63) is 35.9 Å². The molecule has 1 rings (SSSR count). The number of rotatable bonds is 6. The van der Waals surface area contributed by atoms with Crippen LogP contribution in [0.1, 0.15) is 19.4 Å². The lowest BCUT2D eigenvalue weighted by atomic mass is 9.92. The molecule has 0 bridgehead atoms. The molecular weight excluding hydrogens is 214 g/mol. The predicted octanol–water partition coefficient (Wildman–Crippen LogP) is 0.586. The Morgan fingerprint density at radius 1 is 1.29 bits per heavy atom. The summed E-state index contributed by atoms with van der Waals surface area (Å²) >= 11 is 0. The highest BCUT2D eigenvalue weighted by Gasteiger charge is 2.29. The Hall–Kier alpha value is -1.39. The molecule has 1 unspecified atom stereocenters. The highest BCUT2D eigenvalue weighted by atomic mass is 16.2. The topological polar surface area (TPSA) is 67.1 Å². The van der Waals surface area contributed by atoms with E-state index in [0.29, 0.717) is 6.54 Å². The van der Waals surface area contributed by atoms with E-state index < -0.39 is 5.54 Å². The van der Waals surface area contributed by atoms with E-state index in [2.05, 4.69) is 10.6 Å². The molecular formula is C13H21N3O. The highest BCUT2D eigenvalue weighted by Crippen LogP contribution is 2.16. The standard InChI is InChI=1S/C13H21N3O/c1-3-15-9-10-16-12(17)13(2,14)11-7-5-4-6-8-11/h4-8,15H,3,9-10,14H2,1-2H3,(H,16,17). The molecule has 0 fully saturated rings. The molecule has 4 nitrogen and oxygen atoms in total. The average Bonchev–Trinajstić information content (AvgIpc) is 2.35. The maximum Gasteiger partial charge on any atom is 0.244 e. The molecule has 0 aliphatic heterocycles. The lowest BCUT2D eigenvalue weighted by Crippen LogP contribution is -2.50. The number of nitrogens with one attached hydrogen (secondary N) is 2. The number of benzene rings is 1. The SMILES string of the molecule is CCNCCNC(=O)C(C)(N)c1ccccc1. The number of likely N-dealkylation sites (N-methyl/N-ethyl adjacent to an activating group) is 1. The van der Waals surface area contributed by atoms with Crippen molar-refractivity contribution in [2.75, 3.05) is 19.6 Å². The second-order valence-corrected chi connectivity index (χ2v) is 4.18. The molecule has 94 valence electrons. The van der Waals surface area contributed by atoms with E-state index in [-0.39, 0.29) is 5.91 Å². The molecule has 0 aliphatic carbocycles. The molecule has 0 saturated heterocycles. The number of hydrogen-bond acceptors (Lipinski definition) is 3. The fourth-order valence-corrected chi connectivity index (χ4v) is 1.54. The zero-order chi connectivity index (χ0) is 12.7. The van der Waals surface area contributed by atoms with Gasteiger partial charge in [0, 0.05) is 13.1 Å². The first-order valence-electron chi connectivity index (χ1n) is 5.92. The largest absolute Gasteiger partial charge is 0.353 e. The number of carbonyl (C=O) groups excluding carboxylic acids is 1. The molecule has 0 spiro atoms. The summed E-state index contributed by atoms with van der Waals surface area (Å²) in [6, 6.07) is 9.40. The number of nitrogens with two attached hydrogens (primary N) is 1. The minimum atomic E-state index is -0.979. The van der Waals surface area contributed by atoms with Crippen LogP contribution in [0.15, 0.2) is 30.3 Å². The van der Waals surface area contributed by atoms with Gasteiger partial charge in [0.2, 0.25) is 5.91 Å². The van der Waals surface area contributed by atoms with Gasteiger partial charge < -0.3 is 16.4 Å². The van der Waals surface area contributed by atoms with Crippen molar-refractivity contribution in [1.29, 1.82) is 0 Å². The first-order valence-corrected chi connectivity index (χ1v) is 5.92. The van der Waals surface area contributed by atoms with Gasteiger partial charge in [0.15, 0.2) is 0 Å². The number of amides is 1. The van der Waals surface area contributed by atoms with Gasteiger partial charge in [0.25, 0.3) is 0 Å². The Morgan fingerprint density at radius 2 is 1.94 bits per heavy atom. The first-order chi connectivity index (χ1) is 8.09. The van der Waals surface area contributed by atoms with Gasteiger partial charge in [0.05, 0.1) is 0 Å². The molecule has 17 heavy (non-hydrogen) atoms. The van der Waals surface area contributed by atoms with Crippen LogP contribution in [-0.4, -0.2) is 25.5 Å².